The Morgan fingerprint density at radius 1 is 1.04 bits per heavy atom. The van der Waals surface area contributed by atoms with Gasteiger partial charge < -0.3 is 5.32 Å². The van der Waals surface area contributed by atoms with E-state index in [1.54, 1.807) is 6.08 Å². The summed E-state index contributed by atoms with van der Waals surface area (Å²) in [5, 5.41) is 2.83. The monoisotopic (exact) mass is 379 g/mol. The fourth-order valence-corrected chi connectivity index (χ4v) is 1.89. The second-order valence-corrected chi connectivity index (χ2v) is 5.98. The third-order valence-corrected chi connectivity index (χ3v) is 3.01. The number of benzene rings is 2. The van der Waals surface area contributed by atoms with Crippen LogP contribution < -0.4 is 16.6 Å². The molecule has 0 saturated heterocycles. The van der Waals surface area contributed by atoms with E-state index in [2.05, 4.69) is 10.7 Å². The Hall–Kier alpha value is -2.56. The van der Waals surface area contributed by atoms with Crippen LogP contribution in [0.2, 0.25) is 0 Å². The molecule has 0 spiro atoms. The lowest BCUT2D eigenvalue weighted by Gasteiger charge is -2.04. The van der Waals surface area contributed by atoms with Crippen molar-refractivity contribution in [2.75, 3.05) is 11.9 Å². The van der Waals surface area contributed by atoms with Gasteiger partial charge in [0.15, 0.2) is 0 Å². The van der Waals surface area contributed by atoms with Gasteiger partial charge in [-0.05, 0) is 35.8 Å². The first-order valence-electron chi connectivity index (χ1n) is 7.54. The van der Waals surface area contributed by atoms with E-state index in [9.17, 15) is 4.79 Å². The van der Waals surface area contributed by atoms with Gasteiger partial charge in [-0.3, -0.25) is 25.2 Å². The molecule has 9 heteroatoms. The summed E-state index contributed by atoms with van der Waals surface area (Å²) in [5.74, 6) is 5.10. The average Bonchev–Trinajstić information content (AvgIpc) is 2.59. The van der Waals surface area contributed by atoms with Crippen molar-refractivity contribution < 1.29 is 22.3 Å². The first-order valence-corrected chi connectivity index (χ1v) is 8.94. The highest BCUT2D eigenvalue weighted by Gasteiger charge is 1.98. The second-order valence-electron chi connectivity index (χ2n) is 5.08. The summed E-state index contributed by atoms with van der Waals surface area (Å²) in [6.07, 6.45) is 4.18. The van der Waals surface area contributed by atoms with E-state index >= 15 is 0 Å². The first-order chi connectivity index (χ1) is 12.3. The van der Waals surface area contributed by atoms with Crippen LogP contribution >= 0.6 is 0 Å². The van der Waals surface area contributed by atoms with E-state index in [-0.39, 0.29) is 5.91 Å². The van der Waals surface area contributed by atoms with Crippen molar-refractivity contribution in [3.8, 4) is 0 Å². The van der Waals surface area contributed by atoms with Gasteiger partial charge in [-0.1, -0.05) is 42.5 Å². The second kappa shape index (κ2) is 11.1. The molecule has 26 heavy (non-hydrogen) atoms. The van der Waals surface area contributed by atoms with E-state index in [1.807, 2.05) is 54.6 Å². The zero-order chi connectivity index (χ0) is 19.4. The van der Waals surface area contributed by atoms with Crippen molar-refractivity contribution >= 4 is 28.1 Å². The fourth-order valence-electron chi connectivity index (χ4n) is 1.89. The quantitative estimate of drug-likeness (QED) is 0.222. The first kappa shape index (κ1) is 21.5. The number of rotatable bonds is 6. The Bertz CT molecular complexity index is 798. The lowest BCUT2D eigenvalue weighted by atomic mass is 10.1. The number of hydrogen-bond acceptors (Lipinski definition) is 5. The summed E-state index contributed by atoms with van der Waals surface area (Å²) in [6, 6.07) is 17.5. The van der Waals surface area contributed by atoms with E-state index in [0.717, 1.165) is 24.2 Å². The summed E-state index contributed by atoms with van der Waals surface area (Å²) >= 11 is 0. The van der Waals surface area contributed by atoms with Gasteiger partial charge in [0.25, 0.3) is 0 Å². The lowest BCUT2D eigenvalue weighted by molar-refractivity contribution is -0.111. The highest BCUT2D eigenvalue weighted by atomic mass is 32.3. The largest absolute Gasteiger partial charge is 0.394 e. The number of nitrogens with two attached hydrogens (primary N) is 1. The topological polar surface area (TPSA) is 142 Å². The Balaban J connectivity index is 0.000000597. The molecular formula is C17H21N3O5S. The number of carbonyl (C=O) groups excluding carboxylic acids is 1. The molecule has 0 fully saturated rings. The fraction of sp³-hybridized carbons (Fsp3) is 0.118. The molecule has 2 aromatic rings. The van der Waals surface area contributed by atoms with Gasteiger partial charge in [0, 0.05) is 18.3 Å². The van der Waals surface area contributed by atoms with E-state index in [4.69, 9.17) is 23.4 Å². The third-order valence-electron chi connectivity index (χ3n) is 3.01. The third kappa shape index (κ3) is 11.1. The Morgan fingerprint density at radius 2 is 1.62 bits per heavy atom. The SMILES string of the molecule is NNCCc1ccc(NC(=O)C=Cc2ccccc2)cc1.O=S(=O)(O)O. The molecule has 0 atom stereocenters. The molecule has 0 aromatic heterocycles. The van der Waals surface area contributed by atoms with Crippen molar-refractivity contribution in [2.45, 2.75) is 6.42 Å². The molecule has 0 bridgehead atoms. The Kier molecular flexibility index (Phi) is 9.20. The molecule has 0 aliphatic carbocycles. The van der Waals surface area contributed by atoms with Crippen LogP contribution in [-0.2, 0) is 21.6 Å². The van der Waals surface area contributed by atoms with Gasteiger partial charge in [0.2, 0.25) is 5.91 Å². The molecule has 1 amide bonds. The zero-order valence-corrected chi connectivity index (χ0v) is 14.7. The van der Waals surface area contributed by atoms with Crippen LogP contribution in [0.15, 0.2) is 60.7 Å². The molecule has 0 saturated carbocycles. The summed E-state index contributed by atoms with van der Waals surface area (Å²) < 4.78 is 31.6. The van der Waals surface area contributed by atoms with Gasteiger partial charge >= 0.3 is 10.4 Å². The zero-order valence-electron chi connectivity index (χ0n) is 13.9. The summed E-state index contributed by atoms with van der Waals surface area (Å²) in [5.41, 5.74) is 5.57. The maximum absolute atomic E-state index is 11.8. The number of anilines is 1. The van der Waals surface area contributed by atoms with Crippen LogP contribution in [0.4, 0.5) is 5.69 Å². The summed E-state index contributed by atoms with van der Waals surface area (Å²) in [6.45, 7) is 0.728. The average molecular weight is 379 g/mol. The molecule has 6 N–H and O–H groups in total. The maximum atomic E-state index is 11.8. The number of nitrogens with one attached hydrogen (secondary N) is 2. The molecule has 0 unspecified atom stereocenters. The predicted octanol–water partition coefficient (Wildman–Crippen LogP) is 1.69. The maximum Gasteiger partial charge on any atom is 0.394 e. The van der Waals surface area contributed by atoms with Gasteiger partial charge in [0.1, 0.15) is 0 Å². The van der Waals surface area contributed by atoms with Crippen molar-refractivity contribution in [3.05, 3.63) is 71.8 Å². The number of hydrogen-bond donors (Lipinski definition) is 5. The van der Waals surface area contributed by atoms with Crippen molar-refractivity contribution in [1.29, 1.82) is 0 Å². The summed E-state index contributed by atoms with van der Waals surface area (Å²) in [7, 11) is -4.67. The number of amides is 1. The van der Waals surface area contributed by atoms with Crippen LogP contribution in [-0.4, -0.2) is 30.0 Å². The predicted molar refractivity (Wildman–Crippen MR) is 101 cm³/mol. The van der Waals surface area contributed by atoms with Crippen molar-refractivity contribution in [1.82, 2.24) is 5.43 Å². The van der Waals surface area contributed by atoms with Gasteiger partial charge in [0.05, 0.1) is 0 Å². The van der Waals surface area contributed by atoms with Crippen LogP contribution in [0.25, 0.3) is 6.08 Å². The minimum Gasteiger partial charge on any atom is -0.323 e. The van der Waals surface area contributed by atoms with Gasteiger partial charge in [-0.15, -0.1) is 0 Å². The molecule has 2 aromatic carbocycles. The van der Waals surface area contributed by atoms with Gasteiger partial charge in [-0.25, -0.2) is 0 Å². The van der Waals surface area contributed by atoms with Gasteiger partial charge in [-0.2, -0.15) is 8.42 Å². The van der Waals surface area contributed by atoms with Crippen molar-refractivity contribution in [2.24, 2.45) is 5.84 Å². The molecule has 2 rings (SSSR count). The Morgan fingerprint density at radius 3 is 2.15 bits per heavy atom. The molecule has 140 valence electrons. The molecule has 8 nitrogen and oxygen atoms in total. The normalized spacial score (nSPS) is 10.9. The molecule has 0 heterocycles. The highest BCUT2D eigenvalue weighted by molar-refractivity contribution is 7.79. The minimum atomic E-state index is -4.67. The van der Waals surface area contributed by atoms with Crippen molar-refractivity contribution in [3.63, 3.8) is 0 Å². The molecular weight excluding hydrogens is 358 g/mol. The van der Waals surface area contributed by atoms with Crippen LogP contribution in [0.3, 0.4) is 0 Å². The number of carbonyl (C=O) groups is 1. The van der Waals surface area contributed by atoms with Crippen LogP contribution in [0, 0.1) is 0 Å². The summed E-state index contributed by atoms with van der Waals surface area (Å²) in [4.78, 5) is 11.8. The van der Waals surface area contributed by atoms with E-state index < -0.39 is 10.4 Å². The minimum absolute atomic E-state index is 0.143. The smallest absolute Gasteiger partial charge is 0.323 e. The van der Waals surface area contributed by atoms with Crippen LogP contribution in [0.5, 0.6) is 0 Å². The highest BCUT2D eigenvalue weighted by Crippen LogP contribution is 2.10. The molecule has 0 aliphatic heterocycles. The van der Waals surface area contributed by atoms with E-state index in [1.165, 1.54) is 11.6 Å². The standard InChI is InChI=1S/C17H19N3O.H2O4S/c18-19-13-12-15-6-9-16(10-7-15)20-17(21)11-8-14-4-2-1-3-5-14;1-5(2,3)4/h1-11,19H,12-13,18H2,(H,20,21);(H2,1,2,3,4). The Labute approximate surface area is 152 Å². The lowest BCUT2D eigenvalue weighted by Crippen LogP contribution is -2.24. The molecule has 0 radical (unpaired) electrons. The van der Waals surface area contributed by atoms with E-state index in [0.29, 0.717) is 0 Å². The molecule has 0 aliphatic rings. The van der Waals surface area contributed by atoms with Crippen LogP contribution in [0.1, 0.15) is 11.1 Å². The number of hydrazine groups is 1.